The number of carbonyl (C=O) groups excluding carboxylic acids is 2. The Labute approximate surface area is 113 Å². The van der Waals surface area contributed by atoms with Crippen molar-refractivity contribution < 1.29 is 24.2 Å². The van der Waals surface area contributed by atoms with Crippen LogP contribution in [-0.2, 0) is 14.3 Å². The van der Waals surface area contributed by atoms with Gasteiger partial charge in [0.2, 0.25) is 0 Å². The van der Waals surface area contributed by atoms with Crippen molar-refractivity contribution in [3.8, 4) is 0 Å². The summed E-state index contributed by atoms with van der Waals surface area (Å²) in [6.07, 6.45) is -1.15. The maximum atomic E-state index is 11.8. The van der Waals surface area contributed by atoms with Crippen molar-refractivity contribution in [1.29, 1.82) is 0 Å². The summed E-state index contributed by atoms with van der Waals surface area (Å²) in [7, 11) is 1.25. The number of nitrogens with zero attached hydrogens (tertiary/aromatic N) is 1. The van der Waals surface area contributed by atoms with Gasteiger partial charge in [0.05, 0.1) is 19.8 Å². The van der Waals surface area contributed by atoms with Gasteiger partial charge in [-0.3, -0.25) is 4.90 Å². The molecule has 1 N–H and O–H groups in total. The van der Waals surface area contributed by atoms with Crippen LogP contribution in [0.4, 0.5) is 4.79 Å². The van der Waals surface area contributed by atoms with E-state index in [2.05, 4.69) is 4.74 Å². The number of esters is 1. The summed E-state index contributed by atoms with van der Waals surface area (Å²) in [5, 5.41) is 9.50. The fourth-order valence-electron chi connectivity index (χ4n) is 1.64. The Kier molecular flexibility index (Phi) is 4.59. The number of hydrogen-bond acceptors (Lipinski definition) is 5. The Morgan fingerprint density at radius 3 is 2.53 bits per heavy atom. The third-order valence-electron chi connectivity index (χ3n) is 2.32. The largest absolute Gasteiger partial charge is 0.467 e. The molecule has 1 amide bonds. The standard InChI is InChI=1S/C10H16INO5/c1-10(2,11)17-9(15)12-5-6(13)4-7(12)8(14)16-3/h6-7,13H,4-5H2,1-3H3/t6-,7-/m0/s1. The van der Waals surface area contributed by atoms with E-state index in [-0.39, 0.29) is 13.0 Å². The normalized spacial score (nSPS) is 24.6. The highest BCUT2D eigenvalue weighted by molar-refractivity contribution is 14.1. The summed E-state index contributed by atoms with van der Waals surface area (Å²) in [6.45, 7) is 3.54. The average Bonchev–Trinajstić information content (AvgIpc) is 2.56. The van der Waals surface area contributed by atoms with E-state index in [9.17, 15) is 14.7 Å². The summed E-state index contributed by atoms with van der Waals surface area (Å²) in [5.41, 5.74) is 0. The molecule has 17 heavy (non-hydrogen) atoms. The van der Waals surface area contributed by atoms with E-state index in [1.54, 1.807) is 13.8 Å². The number of aliphatic hydroxyl groups excluding tert-OH is 1. The Bertz CT molecular complexity index is 314. The second-order valence-electron chi connectivity index (χ2n) is 4.31. The molecule has 0 radical (unpaired) electrons. The van der Waals surface area contributed by atoms with Gasteiger partial charge < -0.3 is 14.6 Å². The minimum absolute atomic E-state index is 0.0886. The van der Waals surface area contributed by atoms with Crippen LogP contribution in [0.2, 0.25) is 0 Å². The van der Waals surface area contributed by atoms with Crippen molar-refractivity contribution >= 4 is 34.7 Å². The lowest BCUT2D eigenvalue weighted by Gasteiger charge is -2.26. The Morgan fingerprint density at radius 2 is 2.06 bits per heavy atom. The van der Waals surface area contributed by atoms with Gasteiger partial charge in [-0.25, -0.2) is 9.59 Å². The van der Waals surface area contributed by atoms with E-state index in [4.69, 9.17) is 4.74 Å². The fraction of sp³-hybridized carbons (Fsp3) is 0.800. The molecule has 0 bridgehead atoms. The molecule has 1 fully saturated rings. The number of likely N-dealkylation sites (tertiary alicyclic amines) is 1. The molecule has 6 nitrogen and oxygen atoms in total. The molecule has 1 saturated heterocycles. The van der Waals surface area contributed by atoms with Crippen LogP contribution in [-0.4, -0.2) is 51.5 Å². The molecule has 1 heterocycles. The first-order valence-corrected chi connectivity index (χ1v) is 6.27. The van der Waals surface area contributed by atoms with Gasteiger partial charge in [-0.15, -0.1) is 0 Å². The molecule has 0 saturated carbocycles. The first-order chi connectivity index (χ1) is 7.74. The molecular weight excluding hydrogens is 341 g/mol. The number of carbonyl (C=O) groups is 2. The highest BCUT2D eigenvalue weighted by atomic mass is 127. The summed E-state index contributed by atoms with van der Waals surface area (Å²) in [5.74, 6) is -0.537. The van der Waals surface area contributed by atoms with Crippen molar-refractivity contribution in [3.05, 3.63) is 0 Å². The predicted molar refractivity (Wildman–Crippen MR) is 67.7 cm³/mol. The Morgan fingerprint density at radius 1 is 1.47 bits per heavy atom. The number of β-amino-alcohol motifs (C(OH)–C–C–N with tert-alkyl or cyclic N) is 1. The quantitative estimate of drug-likeness (QED) is 0.452. The first-order valence-electron chi connectivity index (χ1n) is 5.19. The van der Waals surface area contributed by atoms with Gasteiger partial charge in [0.1, 0.15) is 6.04 Å². The SMILES string of the molecule is COC(=O)[C@@H]1C[C@H](O)CN1C(=O)OC(C)(C)I. The average molecular weight is 357 g/mol. The molecule has 0 aromatic carbocycles. The van der Waals surface area contributed by atoms with Crippen LogP contribution in [0.5, 0.6) is 0 Å². The summed E-state index contributed by atoms with van der Waals surface area (Å²) in [4.78, 5) is 24.5. The van der Waals surface area contributed by atoms with E-state index >= 15 is 0 Å². The maximum absolute atomic E-state index is 11.8. The monoisotopic (exact) mass is 357 g/mol. The molecule has 2 atom stereocenters. The van der Waals surface area contributed by atoms with Crippen LogP contribution in [0.3, 0.4) is 0 Å². The van der Waals surface area contributed by atoms with Crippen molar-refractivity contribution in [2.45, 2.75) is 36.0 Å². The van der Waals surface area contributed by atoms with Gasteiger partial charge in [-0.2, -0.15) is 0 Å². The molecular formula is C10H16INO5. The highest BCUT2D eigenvalue weighted by Gasteiger charge is 2.41. The minimum atomic E-state index is -0.763. The molecule has 0 aromatic rings. The van der Waals surface area contributed by atoms with Crippen LogP contribution in [0.15, 0.2) is 0 Å². The van der Waals surface area contributed by atoms with Crippen LogP contribution < -0.4 is 0 Å². The van der Waals surface area contributed by atoms with Gasteiger partial charge in [0.25, 0.3) is 0 Å². The number of hydrogen-bond donors (Lipinski definition) is 1. The highest BCUT2D eigenvalue weighted by Crippen LogP contribution is 2.24. The van der Waals surface area contributed by atoms with E-state index in [0.29, 0.717) is 0 Å². The van der Waals surface area contributed by atoms with E-state index < -0.39 is 27.8 Å². The lowest BCUT2D eigenvalue weighted by atomic mass is 10.2. The number of aliphatic hydroxyl groups is 1. The van der Waals surface area contributed by atoms with Crippen LogP contribution in [0, 0.1) is 0 Å². The van der Waals surface area contributed by atoms with Crippen LogP contribution >= 0.6 is 22.6 Å². The molecule has 1 aliphatic rings. The number of ether oxygens (including phenoxy) is 2. The summed E-state index contributed by atoms with van der Waals surface area (Å²) in [6, 6.07) is -0.763. The van der Waals surface area contributed by atoms with Gasteiger partial charge in [0.15, 0.2) is 3.61 Å². The minimum Gasteiger partial charge on any atom is -0.467 e. The van der Waals surface area contributed by atoms with Gasteiger partial charge in [0, 0.05) is 6.42 Å². The van der Waals surface area contributed by atoms with Gasteiger partial charge in [-0.1, -0.05) is 0 Å². The lowest BCUT2D eigenvalue weighted by molar-refractivity contribution is -0.145. The molecule has 1 rings (SSSR count). The van der Waals surface area contributed by atoms with Crippen molar-refractivity contribution in [2.24, 2.45) is 0 Å². The lowest BCUT2D eigenvalue weighted by Crippen LogP contribution is -2.43. The van der Waals surface area contributed by atoms with E-state index in [0.717, 1.165) is 0 Å². The van der Waals surface area contributed by atoms with Crippen LogP contribution in [0.25, 0.3) is 0 Å². The summed E-state index contributed by atoms with van der Waals surface area (Å²) >= 11 is 1.97. The van der Waals surface area contributed by atoms with Crippen molar-refractivity contribution in [3.63, 3.8) is 0 Å². The molecule has 7 heteroatoms. The number of amides is 1. The molecule has 0 aliphatic carbocycles. The number of rotatable bonds is 2. The predicted octanol–water partition coefficient (Wildman–Crippen LogP) is 0.902. The van der Waals surface area contributed by atoms with E-state index in [1.807, 2.05) is 22.6 Å². The van der Waals surface area contributed by atoms with E-state index in [1.165, 1.54) is 12.0 Å². The second kappa shape index (κ2) is 5.38. The molecule has 1 aliphatic heterocycles. The topological polar surface area (TPSA) is 76.1 Å². The maximum Gasteiger partial charge on any atom is 0.411 e. The number of alkyl halides is 1. The molecule has 0 spiro atoms. The third-order valence-corrected chi connectivity index (χ3v) is 2.54. The zero-order valence-corrected chi connectivity index (χ0v) is 12.1. The second-order valence-corrected chi connectivity index (χ2v) is 6.91. The first kappa shape index (κ1) is 14.5. The summed E-state index contributed by atoms with van der Waals surface area (Å²) < 4.78 is 9.08. The third kappa shape index (κ3) is 3.98. The zero-order valence-electron chi connectivity index (χ0n) is 9.97. The van der Waals surface area contributed by atoms with Crippen LogP contribution in [0.1, 0.15) is 20.3 Å². The van der Waals surface area contributed by atoms with Crippen molar-refractivity contribution in [1.82, 2.24) is 4.90 Å². The number of halogens is 1. The Balaban J connectivity index is 2.73. The van der Waals surface area contributed by atoms with Gasteiger partial charge in [-0.05, 0) is 36.4 Å². The Hall–Kier alpha value is -0.570. The molecule has 0 aromatic heterocycles. The molecule has 98 valence electrons. The smallest absolute Gasteiger partial charge is 0.411 e. The van der Waals surface area contributed by atoms with Gasteiger partial charge >= 0.3 is 12.1 Å². The molecule has 0 unspecified atom stereocenters. The zero-order chi connectivity index (χ0) is 13.2. The fourth-order valence-corrected chi connectivity index (χ4v) is 1.83. The number of methoxy groups -OCH3 is 1. The van der Waals surface area contributed by atoms with Crippen molar-refractivity contribution in [2.75, 3.05) is 13.7 Å².